The standard InChI is InChI=1S/C25H22N4O5/c1-15-5-6-16(2)19(10-15)27-22(30)13-28-23-18(4-3-9-26-23)24(31)29(25(28)32)12-17-7-8-20-21(11-17)34-14-33-20/h3-11H,12-14H2,1-2H3,(H,27,30). The SMILES string of the molecule is Cc1ccc(C)c(NC(=O)Cn2c(=O)n(Cc3ccc4c(c3)OCO4)c(=O)c3cccnc32)c1. The molecule has 1 aliphatic heterocycles. The molecule has 0 saturated heterocycles. The van der Waals surface area contributed by atoms with Crippen molar-refractivity contribution >= 4 is 22.6 Å². The number of nitrogens with zero attached hydrogens (tertiary/aromatic N) is 3. The van der Waals surface area contributed by atoms with E-state index in [-0.39, 0.29) is 30.9 Å². The molecule has 0 aliphatic carbocycles. The quantitative estimate of drug-likeness (QED) is 0.493. The van der Waals surface area contributed by atoms with Gasteiger partial charge in [-0.05, 0) is 60.9 Å². The number of carbonyl (C=O) groups excluding carboxylic acids is 1. The minimum Gasteiger partial charge on any atom is -0.454 e. The van der Waals surface area contributed by atoms with Crippen molar-refractivity contribution in [3.63, 3.8) is 0 Å². The smallest absolute Gasteiger partial charge is 0.333 e. The lowest BCUT2D eigenvalue weighted by molar-refractivity contribution is -0.116. The van der Waals surface area contributed by atoms with Gasteiger partial charge in [0, 0.05) is 11.9 Å². The monoisotopic (exact) mass is 458 g/mol. The molecule has 1 aliphatic rings. The second-order valence-electron chi connectivity index (χ2n) is 8.19. The third kappa shape index (κ3) is 3.92. The van der Waals surface area contributed by atoms with Crippen molar-refractivity contribution in [1.82, 2.24) is 14.1 Å². The van der Waals surface area contributed by atoms with E-state index in [1.807, 2.05) is 32.0 Å². The maximum atomic E-state index is 13.4. The van der Waals surface area contributed by atoms with Crippen molar-refractivity contribution in [3.05, 3.63) is 92.3 Å². The number of nitrogens with one attached hydrogen (secondary N) is 1. The first kappa shape index (κ1) is 21.4. The van der Waals surface area contributed by atoms with E-state index < -0.39 is 17.2 Å². The molecule has 0 fully saturated rings. The molecule has 3 heterocycles. The molecule has 9 nitrogen and oxygen atoms in total. The Morgan fingerprint density at radius 2 is 1.85 bits per heavy atom. The molecule has 4 aromatic rings. The Morgan fingerprint density at radius 1 is 1.03 bits per heavy atom. The summed E-state index contributed by atoms with van der Waals surface area (Å²) in [7, 11) is 0. The van der Waals surface area contributed by atoms with Gasteiger partial charge in [-0.15, -0.1) is 0 Å². The zero-order valence-electron chi connectivity index (χ0n) is 18.7. The number of aryl methyl sites for hydroxylation is 2. The third-order valence-corrected chi connectivity index (χ3v) is 5.73. The van der Waals surface area contributed by atoms with Crippen LogP contribution in [-0.2, 0) is 17.9 Å². The van der Waals surface area contributed by atoms with Gasteiger partial charge in [-0.25, -0.2) is 9.78 Å². The molecule has 0 bridgehead atoms. The highest BCUT2D eigenvalue weighted by atomic mass is 16.7. The minimum atomic E-state index is -0.620. The van der Waals surface area contributed by atoms with Crippen molar-refractivity contribution in [2.45, 2.75) is 26.9 Å². The summed E-state index contributed by atoms with van der Waals surface area (Å²) in [5.74, 6) is 0.775. The highest BCUT2D eigenvalue weighted by molar-refractivity contribution is 5.92. The van der Waals surface area contributed by atoms with Gasteiger partial charge < -0.3 is 14.8 Å². The molecule has 9 heteroatoms. The van der Waals surface area contributed by atoms with E-state index in [2.05, 4.69) is 10.3 Å². The van der Waals surface area contributed by atoms with Crippen LogP contribution in [0.4, 0.5) is 5.69 Å². The molecule has 2 aromatic carbocycles. The lowest BCUT2D eigenvalue weighted by Gasteiger charge is -2.14. The van der Waals surface area contributed by atoms with Gasteiger partial charge in [0.1, 0.15) is 12.2 Å². The van der Waals surface area contributed by atoms with E-state index in [9.17, 15) is 14.4 Å². The molecule has 5 rings (SSSR count). The zero-order chi connectivity index (χ0) is 23.8. The van der Waals surface area contributed by atoms with E-state index in [0.717, 1.165) is 15.7 Å². The number of anilines is 1. The highest BCUT2D eigenvalue weighted by Gasteiger charge is 2.19. The molecule has 2 aromatic heterocycles. The summed E-state index contributed by atoms with van der Waals surface area (Å²) >= 11 is 0. The molecule has 0 saturated carbocycles. The molecule has 34 heavy (non-hydrogen) atoms. The van der Waals surface area contributed by atoms with Gasteiger partial charge in [0.25, 0.3) is 5.56 Å². The third-order valence-electron chi connectivity index (χ3n) is 5.73. The summed E-state index contributed by atoms with van der Waals surface area (Å²) in [6.07, 6.45) is 1.49. The van der Waals surface area contributed by atoms with E-state index in [4.69, 9.17) is 9.47 Å². The van der Waals surface area contributed by atoms with E-state index in [1.54, 1.807) is 30.3 Å². The van der Waals surface area contributed by atoms with Gasteiger partial charge >= 0.3 is 5.69 Å². The van der Waals surface area contributed by atoms with Gasteiger partial charge in [-0.2, -0.15) is 0 Å². The van der Waals surface area contributed by atoms with Crippen LogP contribution in [0.2, 0.25) is 0 Å². The summed E-state index contributed by atoms with van der Waals surface area (Å²) < 4.78 is 13.1. The minimum absolute atomic E-state index is 0.0117. The fraction of sp³-hybridized carbons (Fsp3) is 0.200. The normalized spacial score (nSPS) is 12.2. The average Bonchev–Trinajstić information content (AvgIpc) is 3.30. The number of aromatic nitrogens is 3. The zero-order valence-corrected chi connectivity index (χ0v) is 18.7. The first-order valence-electron chi connectivity index (χ1n) is 10.7. The Hall–Kier alpha value is -4.40. The van der Waals surface area contributed by atoms with Crippen LogP contribution in [0.5, 0.6) is 11.5 Å². The molecule has 0 unspecified atom stereocenters. The molecule has 1 N–H and O–H groups in total. The Balaban J connectivity index is 1.54. The topological polar surface area (TPSA) is 104 Å². The van der Waals surface area contributed by atoms with Crippen molar-refractivity contribution in [2.75, 3.05) is 12.1 Å². The summed E-state index contributed by atoms with van der Waals surface area (Å²) in [6, 6.07) is 14.2. The van der Waals surface area contributed by atoms with Crippen LogP contribution in [0.15, 0.2) is 64.3 Å². The Bertz CT molecular complexity index is 1550. The predicted octanol–water partition coefficient (Wildman–Crippen LogP) is 2.59. The highest BCUT2D eigenvalue weighted by Crippen LogP contribution is 2.32. The maximum absolute atomic E-state index is 13.4. The fourth-order valence-corrected chi connectivity index (χ4v) is 3.96. The van der Waals surface area contributed by atoms with Crippen molar-refractivity contribution in [2.24, 2.45) is 0 Å². The second kappa shape index (κ2) is 8.51. The lowest BCUT2D eigenvalue weighted by atomic mass is 10.1. The fourth-order valence-electron chi connectivity index (χ4n) is 3.96. The summed E-state index contributed by atoms with van der Waals surface area (Å²) in [5.41, 5.74) is 2.34. The van der Waals surface area contributed by atoms with Crippen LogP contribution in [0.1, 0.15) is 16.7 Å². The van der Waals surface area contributed by atoms with Crippen LogP contribution >= 0.6 is 0 Å². The van der Waals surface area contributed by atoms with E-state index in [0.29, 0.717) is 22.7 Å². The van der Waals surface area contributed by atoms with Gasteiger partial charge in [0.2, 0.25) is 12.7 Å². The number of fused-ring (bicyclic) bond motifs is 2. The molecular weight excluding hydrogens is 436 g/mol. The number of pyridine rings is 1. The average molecular weight is 458 g/mol. The van der Waals surface area contributed by atoms with Gasteiger partial charge in [-0.3, -0.25) is 18.7 Å². The first-order chi connectivity index (χ1) is 16.4. The Kier molecular flexibility index (Phi) is 5.37. The van der Waals surface area contributed by atoms with Crippen LogP contribution in [0.3, 0.4) is 0 Å². The van der Waals surface area contributed by atoms with Gasteiger partial charge in [0.05, 0.1) is 11.9 Å². The maximum Gasteiger partial charge on any atom is 0.333 e. The molecule has 172 valence electrons. The van der Waals surface area contributed by atoms with Crippen molar-refractivity contribution < 1.29 is 14.3 Å². The Morgan fingerprint density at radius 3 is 2.71 bits per heavy atom. The molecule has 0 spiro atoms. The molecule has 0 atom stereocenters. The number of ether oxygens (including phenoxy) is 2. The summed E-state index contributed by atoms with van der Waals surface area (Å²) in [5, 5.41) is 3.11. The largest absolute Gasteiger partial charge is 0.454 e. The van der Waals surface area contributed by atoms with Crippen LogP contribution < -0.4 is 26.0 Å². The predicted molar refractivity (Wildman–Crippen MR) is 126 cm³/mol. The number of benzene rings is 2. The molecule has 1 amide bonds. The van der Waals surface area contributed by atoms with Gasteiger partial charge in [-0.1, -0.05) is 18.2 Å². The lowest BCUT2D eigenvalue weighted by Crippen LogP contribution is -2.42. The Labute approximate surface area is 194 Å². The molecule has 0 radical (unpaired) electrons. The summed E-state index contributed by atoms with van der Waals surface area (Å²) in [4.78, 5) is 43.7. The first-order valence-corrected chi connectivity index (χ1v) is 10.7. The van der Waals surface area contributed by atoms with E-state index >= 15 is 0 Å². The van der Waals surface area contributed by atoms with Crippen LogP contribution in [-0.4, -0.2) is 26.8 Å². The second-order valence-corrected chi connectivity index (χ2v) is 8.19. The number of hydrogen-bond donors (Lipinski definition) is 1. The summed E-state index contributed by atoms with van der Waals surface area (Å²) in [6.45, 7) is 3.67. The van der Waals surface area contributed by atoms with Crippen LogP contribution in [0, 0.1) is 13.8 Å². The van der Waals surface area contributed by atoms with Crippen molar-refractivity contribution in [1.29, 1.82) is 0 Å². The number of rotatable bonds is 5. The number of carbonyl (C=O) groups is 1. The number of amides is 1. The van der Waals surface area contributed by atoms with Crippen LogP contribution in [0.25, 0.3) is 11.0 Å². The van der Waals surface area contributed by atoms with E-state index in [1.165, 1.54) is 10.8 Å². The molecular formula is C25H22N4O5. The number of hydrogen-bond acceptors (Lipinski definition) is 6. The van der Waals surface area contributed by atoms with Crippen molar-refractivity contribution in [3.8, 4) is 11.5 Å². The van der Waals surface area contributed by atoms with Gasteiger partial charge in [0.15, 0.2) is 11.5 Å².